The van der Waals surface area contributed by atoms with Crippen molar-refractivity contribution in [3.05, 3.63) is 27.8 Å². The topological polar surface area (TPSA) is 92.5 Å². The number of aliphatic hydroxyl groups excluding tert-OH is 1. The van der Waals surface area contributed by atoms with Crippen LogP contribution in [-0.2, 0) is 11.2 Å². The van der Waals surface area contributed by atoms with Gasteiger partial charge in [-0.1, -0.05) is 0 Å². The quantitative estimate of drug-likeness (QED) is 0.366. The van der Waals surface area contributed by atoms with Crippen LogP contribution in [0, 0.1) is 10.1 Å². The third-order valence-corrected chi connectivity index (χ3v) is 3.70. The number of carbonyl (C=O) groups is 1. The van der Waals surface area contributed by atoms with Crippen LogP contribution >= 0.6 is 11.8 Å². The first-order valence-electron chi connectivity index (χ1n) is 5.46. The number of hydrogen-bond acceptors (Lipinski definition) is 5. The van der Waals surface area contributed by atoms with Crippen molar-refractivity contribution in [2.24, 2.45) is 0 Å². The number of nitrogens with zero attached hydrogens (tertiary/aromatic N) is 1. The third kappa shape index (κ3) is 2.62. The molecule has 0 unspecified atom stereocenters. The van der Waals surface area contributed by atoms with Crippen LogP contribution in [-0.4, -0.2) is 28.3 Å². The lowest BCUT2D eigenvalue weighted by Gasteiger charge is -2.05. The van der Waals surface area contributed by atoms with Gasteiger partial charge in [-0.25, -0.2) is 0 Å². The number of carbonyl (C=O) groups excluding carboxylic acids is 1. The number of nitro groups is 1. The summed E-state index contributed by atoms with van der Waals surface area (Å²) in [5.41, 5.74) is 1.34. The lowest BCUT2D eigenvalue weighted by molar-refractivity contribution is -0.387. The van der Waals surface area contributed by atoms with Gasteiger partial charge in [0, 0.05) is 24.1 Å². The summed E-state index contributed by atoms with van der Waals surface area (Å²) in [6.07, 6.45) is 0.767. The van der Waals surface area contributed by atoms with Crippen molar-refractivity contribution < 1.29 is 14.8 Å². The maximum Gasteiger partial charge on any atom is 0.283 e. The number of amides is 1. The van der Waals surface area contributed by atoms with Gasteiger partial charge in [-0.2, -0.15) is 0 Å². The molecule has 0 atom stereocenters. The Balaban J connectivity index is 2.29. The minimum atomic E-state index is -0.440. The van der Waals surface area contributed by atoms with Crippen molar-refractivity contribution in [3.63, 3.8) is 0 Å². The fourth-order valence-electron chi connectivity index (χ4n) is 1.75. The van der Waals surface area contributed by atoms with E-state index in [9.17, 15) is 14.9 Å². The molecular formula is C11H12N2O4S. The van der Waals surface area contributed by atoms with Crippen LogP contribution in [0.25, 0.3) is 0 Å². The Hall–Kier alpha value is -1.60. The third-order valence-electron chi connectivity index (χ3n) is 2.57. The summed E-state index contributed by atoms with van der Waals surface area (Å²) in [5, 5.41) is 22.4. The molecule has 1 aromatic rings. The van der Waals surface area contributed by atoms with Crippen molar-refractivity contribution >= 4 is 29.0 Å². The van der Waals surface area contributed by atoms with E-state index in [1.165, 1.54) is 17.8 Å². The van der Waals surface area contributed by atoms with E-state index in [1.807, 2.05) is 0 Å². The van der Waals surface area contributed by atoms with Crippen LogP contribution in [0.15, 0.2) is 17.0 Å². The molecule has 0 fully saturated rings. The number of rotatable bonds is 5. The minimum absolute atomic E-state index is 0.0215. The Kier molecular flexibility index (Phi) is 3.83. The molecule has 7 heteroatoms. The summed E-state index contributed by atoms with van der Waals surface area (Å²) in [7, 11) is 0. The van der Waals surface area contributed by atoms with Crippen molar-refractivity contribution in [2.45, 2.75) is 17.7 Å². The zero-order valence-corrected chi connectivity index (χ0v) is 10.3. The number of benzene rings is 1. The maximum absolute atomic E-state index is 11.2. The average Bonchev–Trinajstić information content (AvgIpc) is 2.67. The number of nitro benzene ring substituents is 1. The van der Waals surface area contributed by atoms with Gasteiger partial charge in [0.05, 0.1) is 16.2 Å². The Morgan fingerprint density at radius 1 is 1.50 bits per heavy atom. The summed E-state index contributed by atoms with van der Waals surface area (Å²) < 4.78 is 0. The highest BCUT2D eigenvalue weighted by atomic mass is 32.2. The van der Waals surface area contributed by atoms with Gasteiger partial charge in [-0.3, -0.25) is 14.9 Å². The monoisotopic (exact) mass is 268 g/mol. The molecule has 0 aliphatic carbocycles. The van der Waals surface area contributed by atoms with Gasteiger partial charge in [-0.05, 0) is 18.1 Å². The average molecular weight is 268 g/mol. The number of hydrogen-bond donors (Lipinski definition) is 2. The second-order valence-electron chi connectivity index (χ2n) is 3.88. The Bertz CT molecular complexity index is 504. The molecule has 0 saturated carbocycles. The fourth-order valence-corrected chi connectivity index (χ4v) is 2.72. The van der Waals surface area contributed by atoms with Gasteiger partial charge < -0.3 is 10.4 Å². The molecular weight excluding hydrogens is 256 g/mol. The molecule has 96 valence electrons. The molecule has 0 saturated heterocycles. The van der Waals surface area contributed by atoms with Crippen LogP contribution in [0.5, 0.6) is 0 Å². The van der Waals surface area contributed by atoms with E-state index in [1.54, 1.807) is 6.07 Å². The van der Waals surface area contributed by atoms with E-state index in [0.717, 1.165) is 0 Å². The summed E-state index contributed by atoms with van der Waals surface area (Å²) in [6.45, 7) is 0.0580. The molecule has 2 rings (SSSR count). The van der Waals surface area contributed by atoms with Crippen molar-refractivity contribution in [1.82, 2.24) is 0 Å². The smallest absolute Gasteiger partial charge is 0.283 e. The minimum Gasteiger partial charge on any atom is -0.396 e. The number of fused-ring (bicyclic) bond motifs is 1. The van der Waals surface area contributed by atoms with Crippen LogP contribution < -0.4 is 5.32 Å². The van der Waals surface area contributed by atoms with Gasteiger partial charge in [0.25, 0.3) is 5.69 Å². The van der Waals surface area contributed by atoms with E-state index in [0.29, 0.717) is 28.3 Å². The molecule has 2 N–H and O–H groups in total. The second kappa shape index (κ2) is 5.36. The zero-order chi connectivity index (χ0) is 13.1. The summed E-state index contributed by atoms with van der Waals surface area (Å²) >= 11 is 1.31. The fraction of sp³-hybridized carbons (Fsp3) is 0.364. The van der Waals surface area contributed by atoms with Crippen molar-refractivity contribution in [3.8, 4) is 0 Å². The molecule has 18 heavy (non-hydrogen) atoms. The SMILES string of the molecule is O=C1Cc2cc([N+](=O)[O-])c(SCCCO)cc2N1. The molecule has 1 aromatic carbocycles. The molecule has 1 heterocycles. The Morgan fingerprint density at radius 2 is 2.28 bits per heavy atom. The maximum atomic E-state index is 11.2. The van der Waals surface area contributed by atoms with E-state index >= 15 is 0 Å². The molecule has 0 radical (unpaired) electrons. The molecule has 6 nitrogen and oxygen atoms in total. The predicted octanol–water partition coefficient (Wildman–Crippen LogP) is 1.56. The number of aliphatic hydroxyl groups is 1. The summed E-state index contributed by atoms with van der Waals surface area (Å²) in [4.78, 5) is 22.3. The van der Waals surface area contributed by atoms with Gasteiger partial charge in [-0.15, -0.1) is 11.8 Å². The standard InChI is InChI=1S/C11H12N2O4S/c14-2-1-3-18-10-6-8-7(5-11(15)12-8)4-9(10)13(16)17/h4,6,14H,1-3,5H2,(H,12,15). The molecule has 0 spiro atoms. The van der Waals surface area contributed by atoms with E-state index < -0.39 is 4.92 Å². The Labute approximate surface area is 108 Å². The van der Waals surface area contributed by atoms with Crippen LogP contribution in [0.1, 0.15) is 12.0 Å². The van der Waals surface area contributed by atoms with Crippen molar-refractivity contribution in [2.75, 3.05) is 17.7 Å². The van der Waals surface area contributed by atoms with Crippen LogP contribution in [0.3, 0.4) is 0 Å². The van der Waals surface area contributed by atoms with Gasteiger partial charge in [0.15, 0.2) is 0 Å². The first-order chi connectivity index (χ1) is 8.61. The van der Waals surface area contributed by atoms with Crippen LogP contribution in [0.4, 0.5) is 11.4 Å². The van der Waals surface area contributed by atoms with Crippen molar-refractivity contribution in [1.29, 1.82) is 0 Å². The first kappa shape index (κ1) is 12.8. The summed E-state index contributed by atoms with van der Waals surface area (Å²) in [6, 6.07) is 3.09. The lowest BCUT2D eigenvalue weighted by Crippen LogP contribution is -2.03. The molecule has 0 bridgehead atoms. The predicted molar refractivity (Wildman–Crippen MR) is 67.9 cm³/mol. The van der Waals surface area contributed by atoms with Gasteiger partial charge in [0.1, 0.15) is 0 Å². The van der Waals surface area contributed by atoms with Gasteiger partial charge in [0.2, 0.25) is 5.91 Å². The van der Waals surface area contributed by atoms with E-state index in [2.05, 4.69) is 5.32 Å². The highest BCUT2D eigenvalue weighted by Gasteiger charge is 2.24. The molecule has 1 aliphatic rings. The molecule has 1 aliphatic heterocycles. The Morgan fingerprint density at radius 3 is 2.94 bits per heavy atom. The highest BCUT2D eigenvalue weighted by Crippen LogP contribution is 2.36. The zero-order valence-electron chi connectivity index (χ0n) is 9.51. The van der Waals surface area contributed by atoms with E-state index in [-0.39, 0.29) is 24.6 Å². The first-order valence-corrected chi connectivity index (χ1v) is 6.45. The van der Waals surface area contributed by atoms with Crippen LogP contribution in [0.2, 0.25) is 0 Å². The number of thioether (sulfide) groups is 1. The second-order valence-corrected chi connectivity index (χ2v) is 5.02. The summed E-state index contributed by atoms with van der Waals surface area (Å²) in [5.74, 6) is 0.459. The van der Waals surface area contributed by atoms with Gasteiger partial charge >= 0.3 is 0 Å². The normalized spacial score (nSPS) is 13.3. The lowest BCUT2D eigenvalue weighted by atomic mass is 10.1. The number of nitrogens with one attached hydrogen (secondary N) is 1. The largest absolute Gasteiger partial charge is 0.396 e. The number of anilines is 1. The van der Waals surface area contributed by atoms with E-state index in [4.69, 9.17) is 5.11 Å². The molecule has 0 aromatic heterocycles. The molecule has 1 amide bonds. The highest BCUT2D eigenvalue weighted by molar-refractivity contribution is 7.99.